The summed E-state index contributed by atoms with van der Waals surface area (Å²) >= 11 is 0. The summed E-state index contributed by atoms with van der Waals surface area (Å²) in [6.45, 7) is 0. The van der Waals surface area contributed by atoms with Crippen molar-refractivity contribution >= 4 is 29.0 Å². The molecule has 3 aromatic rings. The molecule has 0 unspecified atom stereocenters. The number of pyridine rings is 1. The molecule has 0 radical (unpaired) electrons. The predicted molar refractivity (Wildman–Crippen MR) is 108 cm³/mol. The number of hydrogen-bond acceptors (Lipinski definition) is 5. The zero-order valence-corrected chi connectivity index (χ0v) is 16.2. The van der Waals surface area contributed by atoms with Crippen molar-refractivity contribution in [2.24, 2.45) is 0 Å². The normalized spacial score (nSPS) is 11.0. The van der Waals surface area contributed by atoms with Gasteiger partial charge in [0.25, 0.3) is 0 Å². The predicted octanol–water partition coefficient (Wildman–Crippen LogP) is 4.58. The quantitative estimate of drug-likeness (QED) is 0.378. The fourth-order valence-corrected chi connectivity index (χ4v) is 2.64. The number of nitrogens with one attached hydrogen (secondary N) is 2. The molecular weight excluding hydrogens is 432 g/mol. The van der Waals surface area contributed by atoms with Crippen molar-refractivity contribution in [1.82, 2.24) is 4.98 Å². The highest BCUT2D eigenvalue weighted by atomic mass is 19.4. The van der Waals surface area contributed by atoms with Crippen molar-refractivity contribution in [3.05, 3.63) is 72.2 Å². The summed E-state index contributed by atoms with van der Waals surface area (Å²) < 4.78 is 58.8. The van der Waals surface area contributed by atoms with Crippen molar-refractivity contribution in [2.75, 3.05) is 16.4 Å². The number of ether oxygens (including phenoxy) is 1. The van der Waals surface area contributed by atoms with E-state index in [1.54, 1.807) is 0 Å². The number of amides is 2. The van der Waals surface area contributed by atoms with E-state index in [1.165, 1.54) is 36.5 Å². The Balaban J connectivity index is 1.71. The molecule has 0 saturated carbocycles. The van der Waals surface area contributed by atoms with Crippen LogP contribution in [0.2, 0.25) is 0 Å². The molecule has 0 atom stereocenters. The van der Waals surface area contributed by atoms with E-state index in [2.05, 4.69) is 15.6 Å². The highest BCUT2D eigenvalue weighted by Crippen LogP contribution is 2.38. The lowest BCUT2D eigenvalue weighted by Gasteiger charge is -2.16. The number of nitrogens with zero attached hydrogens (tertiary/aromatic N) is 1. The number of alkyl halides is 3. The summed E-state index contributed by atoms with van der Waals surface area (Å²) in [4.78, 5) is 27.8. The molecule has 0 aliphatic rings. The van der Waals surface area contributed by atoms with E-state index in [9.17, 15) is 27.2 Å². The first-order valence-corrected chi connectivity index (χ1v) is 9.06. The molecule has 0 bridgehead atoms. The van der Waals surface area contributed by atoms with Crippen LogP contribution in [0.1, 0.15) is 12.0 Å². The van der Waals surface area contributed by atoms with Gasteiger partial charge in [0.05, 0.1) is 11.3 Å². The van der Waals surface area contributed by atoms with Gasteiger partial charge in [0.1, 0.15) is 29.6 Å². The van der Waals surface area contributed by atoms with E-state index in [1.807, 2.05) is 0 Å². The topological polar surface area (TPSA) is 106 Å². The lowest BCUT2D eigenvalue weighted by Crippen LogP contribution is -2.23. The van der Waals surface area contributed by atoms with Gasteiger partial charge in [-0.05, 0) is 48.5 Å². The molecular formula is C21H16F4N4O3. The Morgan fingerprint density at radius 2 is 1.59 bits per heavy atom. The average Bonchev–Trinajstić information content (AvgIpc) is 2.70. The molecule has 0 spiro atoms. The van der Waals surface area contributed by atoms with Gasteiger partial charge in [-0.25, -0.2) is 9.37 Å². The molecule has 7 nitrogen and oxygen atoms in total. The number of rotatable bonds is 6. The second-order valence-corrected chi connectivity index (χ2v) is 6.50. The average molecular weight is 448 g/mol. The van der Waals surface area contributed by atoms with E-state index in [0.29, 0.717) is 6.07 Å². The van der Waals surface area contributed by atoms with Crippen molar-refractivity contribution in [2.45, 2.75) is 12.6 Å². The smallest absolute Gasteiger partial charge is 0.418 e. The number of aromatic nitrogens is 1. The maximum absolute atomic E-state index is 13.5. The molecule has 1 heterocycles. The van der Waals surface area contributed by atoms with Crippen LogP contribution >= 0.6 is 0 Å². The van der Waals surface area contributed by atoms with Crippen molar-refractivity contribution in [1.29, 1.82) is 0 Å². The number of hydrogen-bond donors (Lipinski definition) is 3. The van der Waals surface area contributed by atoms with Crippen LogP contribution in [-0.2, 0) is 15.8 Å². The van der Waals surface area contributed by atoms with Gasteiger partial charge in [-0.3, -0.25) is 9.59 Å². The zero-order valence-electron chi connectivity index (χ0n) is 16.2. The molecule has 2 amide bonds. The van der Waals surface area contributed by atoms with E-state index in [-0.39, 0.29) is 23.0 Å². The maximum Gasteiger partial charge on any atom is 0.418 e. The van der Waals surface area contributed by atoms with Crippen LogP contribution < -0.4 is 21.1 Å². The van der Waals surface area contributed by atoms with Crippen LogP contribution in [0, 0.1) is 5.82 Å². The van der Waals surface area contributed by atoms with Crippen LogP contribution in [0.4, 0.5) is 34.8 Å². The molecule has 11 heteroatoms. The lowest BCUT2D eigenvalue weighted by atomic mass is 10.1. The van der Waals surface area contributed by atoms with E-state index in [0.717, 1.165) is 18.2 Å². The highest BCUT2D eigenvalue weighted by molar-refractivity contribution is 6.08. The van der Waals surface area contributed by atoms with E-state index < -0.39 is 41.5 Å². The van der Waals surface area contributed by atoms with Crippen LogP contribution in [0.15, 0.2) is 60.8 Å². The fourth-order valence-electron chi connectivity index (χ4n) is 2.64. The molecule has 0 aliphatic carbocycles. The molecule has 3 rings (SSSR count). The van der Waals surface area contributed by atoms with Crippen LogP contribution in [-0.4, -0.2) is 16.8 Å². The summed E-state index contributed by atoms with van der Waals surface area (Å²) in [6, 6.07) is 10.5. The third-order valence-corrected chi connectivity index (χ3v) is 4.01. The number of nitrogen functional groups attached to an aromatic ring is 1. The SMILES string of the molecule is Nc1cc(Oc2ccc(NC(=O)CC(=O)Nc3ccc(F)cc3)c(C(F)(F)F)c2)ccn1. The lowest BCUT2D eigenvalue weighted by molar-refractivity contribution is -0.137. The van der Waals surface area contributed by atoms with Crippen molar-refractivity contribution < 1.29 is 31.9 Å². The van der Waals surface area contributed by atoms with Crippen LogP contribution in [0.3, 0.4) is 0 Å². The monoisotopic (exact) mass is 448 g/mol. The van der Waals surface area contributed by atoms with Crippen LogP contribution in [0.5, 0.6) is 11.5 Å². The standard InChI is InChI=1S/C21H16F4N4O3/c22-12-1-3-13(4-2-12)28-19(30)11-20(31)29-17-6-5-14(9-16(17)21(23,24)25)32-15-7-8-27-18(26)10-15/h1-10H,11H2,(H2,26,27)(H,28,30)(H,29,31). The van der Waals surface area contributed by atoms with Gasteiger partial charge < -0.3 is 21.1 Å². The Labute approximate surface area is 179 Å². The molecule has 0 saturated heterocycles. The first-order chi connectivity index (χ1) is 15.1. The van der Waals surface area contributed by atoms with Crippen molar-refractivity contribution in [3.8, 4) is 11.5 Å². The third kappa shape index (κ3) is 6.17. The molecule has 0 aliphatic heterocycles. The Morgan fingerprint density at radius 3 is 2.25 bits per heavy atom. The molecule has 1 aromatic heterocycles. The highest BCUT2D eigenvalue weighted by Gasteiger charge is 2.34. The largest absolute Gasteiger partial charge is 0.457 e. The first kappa shape index (κ1) is 22.5. The minimum absolute atomic E-state index is 0.126. The number of anilines is 3. The summed E-state index contributed by atoms with van der Waals surface area (Å²) in [5.74, 6) is -2.10. The summed E-state index contributed by atoms with van der Waals surface area (Å²) in [5.41, 5.74) is 4.05. The van der Waals surface area contributed by atoms with Gasteiger partial charge in [-0.15, -0.1) is 0 Å². The Bertz CT molecular complexity index is 1130. The first-order valence-electron chi connectivity index (χ1n) is 9.06. The van der Waals surface area contributed by atoms with Gasteiger partial charge in [0.15, 0.2) is 0 Å². The summed E-state index contributed by atoms with van der Waals surface area (Å²) in [5, 5.41) is 4.43. The summed E-state index contributed by atoms with van der Waals surface area (Å²) in [7, 11) is 0. The van der Waals surface area contributed by atoms with Gasteiger partial charge in [-0.1, -0.05) is 0 Å². The Kier molecular flexibility index (Phi) is 6.57. The second kappa shape index (κ2) is 9.33. The van der Waals surface area contributed by atoms with Gasteiger partial charge in [-0.2, -0.15) is 13.2 Å². The molecule has 32 heavy (non-hydrogen) atoms. The number of carbonyl (C=O) groups excluding carboxylic acids is 2. The number of halogens is 4. The molecule has 166 valence electrons. The zero-order chi connectivity index (χ0) is 23.3. The minimum atomic E-state index is -4.81. The molecule has 2 aromatic carbocycles. The maximum atomic E-state index is 13.5. The Morgan fingerprint density at radius 1 is 0.938 bits per heavy atom. The number of benzene rings is 2. The summed E-state index contributed by atoms with van der Waals surface area (Å²) in [6.07, 6.45) is -4.22. The third-order valence-electron chi connectivity index (χ3n) is 4.01. The van der Waals surface area contributed by atoms with E-state index in [4.69, 9.17) is 10.5 Å². The van der Waals surface area contributed by atoms with Gasteiger partial charge >= 0.3 is 6.18 Å². The van der Waals surface area contributed by atoms with E-state index >= 15 is 0 Å². The van der Waals surface area contributed by atoms with Crippen molar-refractivity contribution in [3.63, 3.8) is 0 Å². The van der Waals surface area contributed by atoms with Crippen LogP contribution in [0.25, 0.3) is 0 Å². The fraction of sp³-hybridized carbons (Fsp3) is 0.0952. The minimum Gasteiger partial charge on any atom is -0.457 e. The second-order valence-electron chi connectivity index (χ2n) is 6.50. The Hall–Kier alpha value is -4.15. The van der Waals surface area contributed by atoms with Gasteiger partial charge in [0, 0.05) is 18.0 Å². The van der Waals surface area contributed by atoms with Gasteiger partial charge in [0.2, 0.25) is 11.8 Å². The number of nitrogens with two attached hydrogens (primary N) is 1. The molecule has 0 fully saturated rings. The molecule has 4 N–H and O–H groups in total. The number of carbonyl (C=O) groups is 2.